The number of rotatable bonds is 3. The van der Waals surface area contributed by atoms with E-state index in [1.54, 1.807) is 0 Å². The van der Waals surface area contributed by atoms with Gasteiger partial charge in [0.05, 0.1) is 0 Å². The maximum atomic E-state index is 3.88. The topological polar surface area (TPSA) is 0 Å². The van der Waals surface area contributed by atoms with E-state index in [-0.39, 0.29) is 21.1 Å². The van der Waals surface area contributed by atoms with Crippen LogP contribution in [0.2, 0.25) is 0 Å². The molecule has 0 saturated heterocycles. The molecule has 2 aromatic rings. The monoisotopic (exact) mass is 319 g/mol. The van der Waals surface area contributed by atoms with Crippen molar-refractivity contribution in [3.63, 3.8) is 0 Å². The van der Waals surface area contributed by atoms with Crippen LogP contribution < -0.4 is 0 Å². The maximum absolute atomic E-state index is 3.88. The van der Waals surface area contributed by atoms with E-state index < -0.39 is 0 Å². The molecular weight excluding hydrogens is 300 g/mol. The van der Waals surface area contributed by atoms with Crippen LogP contribution >= 0.6 is 0 Å². The fraction of sp³-hybridized carbons (Fsp3) is 0.118. The Morgan fingerprint density at radius 3 is 2.06 bits per heavy atom. The van der Waals surface area contributed by atoms with Gasteiger partial charge in [0.1, 0.15) is 0 Å². The van der Waals surface area contributed by atoms with E-state index in [0.29, 0.717) is 0 Å². The Labute approximate surface area is 124 Å². The number of hydrogen-bond donors (Lipinski definition) is 0. The van der Waals surface area contributed by atoms with Crippen LogP contribution in [0.1, 0.15) is 25.0 Å². The number of hydrogen-bond acceptors (Lipinski definition) is 0. The van der Waals surface area contributed by atoms with Gasteiger partial charge in [-0.3, -0.25) is 0 Å². The quantitative estimate of drug-likeness (QED) is 0.555. The van der Waals surface area contributed by atoms with Crippen LogP contribution in [0.25, 0.3) is 17.2 Å². The zero-order valence-electron chi connectivity index (χ0n) is 10.8. The molecule has 0 aromatic heterocycles. The summed E-state index contributed by atoms with van der Waals surface area (Å²) in [6.07, 6.45) is 1.91. The van der Waals surface area contributed by atoms with Gasteiger partial charge in [0.25, 0.3) is 0 Å². The first-order chi connectivity index (χ1) is 8.24. The van der Waals surface area contributed by atoms with Gasteiger partial charge in [-0.2, -0.15) is 17.5 Å². The van der Waals surface area contributed by atoms with Crippen molar-refractivity contribution >= 4 is 6.08 Å². The molecular formula is C17H17Mo-. The molecule has 92 valence electrons. The van der Waals surface area contributed by atoms with Crippen molar-refractivity contribution in [3.05, 3.63) is 72.2 Å². The summed E-state index contributed by atoms with van der Waals surface area (Å²) in [5.41, 5.74) is 5.02. The molecule has 2 aromatic carbocycles. The molecule has 0 N–H and O–H groups in total. The molecule has 0 spiro atoms. The molecule has 18 heavy (non-hydrogen) atoms. The average molecular weight is 317 g/mol. The third-order valence-electron chi connectivity index (χ3n) is 2.94. The molecule has 2 rings (SSSR count). The van der Waals surface area contributed by atoms with E-state index >= 15 is 0 Å². The summed E-state index contributed by atoms with van der Waals surface area (Å²) in [5, 5.41) is 0. The van der Waals surface area contributed by atoms with Crippen molar-refractivity contribution in [2.75, 3.05) is 0 Å². The van der Waals surface area contributed by atoms with Crippen LogP contribution in [0.4, 0.5) is 0 Å². The molecule has 0 unspecified atom stereocenters. The van der Waals surface area contributed by atoms with Crippen LogP contribution in [-0.4, -0.2) is 0 Å². The summed E-state index contributed by atoms with van der Waals surface area (Å²) >= 11 is 0. The first-order valence-electron chi connectivity index (χ1n) is 5.85. The first-order valence-corrected chi connectivity index (χ1v) is 5.85. The van der Waals surface area contributed by atoms with Gasteiger partial charge in [-0.15, -0.1) is 17.7 Å². The predicted octanol–water partition coefficient (Wildman–Crippen LogP) is 4.96. The summed E-state index contributed by atoms with van der Waals surface area (Å²) < 4.78 is 0. The third-order valence-corrected chi connectivity index (χ3v) is 2.94. The second kappa shape index (κ2) is 6.61. The minimum absolute atomic E-state index is 0. The van der Waals surface area contributed by atoms with Crippen LogP contribution in [0, 0.1) is 5.92 Å². The van der Waals surface area contributed by atoms with Crippen molar-refractivity contribution in [3.8, 4) is 11.1 Å². The predicted molar refractivity (Wildman–Crippen MR) is 75.7 cm³/mol. The Morgan fingerprint density at radius 1 is 0.889 bits per heavy atom. The molecule has 0 amide bonds. The molecule has 0 radical (unpaired) electrons. The van der Waals surface area contributed by atoms with Crippen LogP contribution in [-0.2, 0) is 21.1 Å². The summed E-state index contributed by atoms with van der Waals surface area (Å²) in [5.74, 6) is 1.33. The van der Waals surface area contributed by atoms with Gasteiger partial charge in [0, 0.05) is 21.1 Å². The first kappa shape index (κ1) is 14.8. The zero-order chi connectivity index (χ0) is 12.3. The molecule has 0 saturated carbocycles. The van der Waals surface area contributed by atoms with E-state index in [9.17, 15) is 0 Å². The number of benzene rings is 2. The average Bonchev–Trinajstić information content (AvgIpc) is 2.38. The van der Waals surface area contributed by atoms with Gasteiger partial charge in [-0.1, -0.05) is 62.4 Å². The smallest absolute Gasteiger partial charge is 0 e. The summed E-state index contributed by atoms with van der Waals surface area (Å²) in [6.45, 7) is 8.18. The molecule has 0 atom stereocenters. The van der Waals surface area contributed by atoms with Crippen LogP contribution in [0.3, 0.4) is 0 Å². The Morgan fingerprint density at radius 2 is 1.44 bits per heavy atom. The van der Waals surface area contributed by atoms with Gasteiger partial charge in [0.15, 0.2) is 0 Å². The van der Waals surface area contributed by atoms with Gasteiger partial charge < -0.3 is 0 Å². The summed E-state index contributed by atoms with van der Waals surface area (Å²) in [7, 11) is 0. The van der Waals surface area contributed by atoms with Gasteiger partial charge >= 0.3 is 0 Å². The normalized spacial score (nSPS) is 9.44. The maximum Gasteiger partial charge on any atom is 0 e. The Bertz CT molecular complexity index is 527. The fourth-order valence-electron chi connectivity index (χ4n) is 2.07. The molecule has 0 fully saturated rings. The molecule has 0 aliphatic rings. The van der Waals surface area contributed by atoms with Crippen molar-refractivity contribution in [1.29, 1.82) is 0 Å². The largest absolute Gasteiger partial charge is 0.182 e. The Kier molecular flexibility index (Phi) is 5.44. The van der Waals surface area contributed by atoms with E-state index in [0.717, 1.165) is 0 Å². The Hall–Kier alpha value is -1.26. The molecule has 0 bridgehead atoms. The summed E-state index contributed by atoms with van der Waals surface area (Å²) in [6, 6.07) is 16.9. The molecule has 0 nitrogen and oxygen atoms in total. The Balaban J connectivity index is 0.00000162. The third kappa shape index (κ3) is 2.94. The summed E-state index contributed by atoms with van der Waals surface area (Å²) in [4.78, 5) is 0. The van der Waals surface area contributed by atoms with Crippen molar-refractivity contribution < 1.29 is 21.1 Å². The van der Waals surface area contributed by atoms with Crippen molar-refractivity contribution in [2.45, 2.75) is 13.8 Å². The van der Waals surface area contributed by atoms with E-state index in [1.165, 1.54) is 28.2 Å². The molecule has 0 heterocycles. The van der Waals surface area contributed by atoms with Crippen LogP contribution in [0.15, 0.2) is 55.1 Å². The molecule has 1 heteroatoms. The van der Waals surface area contributed by atoms with Gasteiger partial charge in [-0.25, -0.2) is 0 Å². The fourth-order valence-corrected chi connectivity index (χ4v) is 2.07. The van der Waals surface area contributed by atoms with E-state index in [2.05, 4.69) is 62.9 Å². The van der Waals surface area contributed by atoms with E-state index in [4.69, 9.17) is 0 Å². The van der Waals surface area contributed by atoms with Crippen molar-refractivity contribution in [2.24, 2.45) is 0 Å². The second-order valence-electron chi connectivity index (χ2n) is 4.34. The minimum Gasteiger partial charge on any atom is -0.182 e. The second-order valence-corrected chi connectivity index (χ2v) is 4.34. The van der Waals surface area contributed by atoms with E-state index in [1.807, 2.05) is 12.1 Å². The van der Waals surface area contributed by atoms with Gasteiger partial charge in [0.2, 0.25) is 0 Å². The SMILES string of the molecule is C=Cc1ccccc1-c1ccccc1[C-](C)C.[Mo]. The molecule has 0 aliphatic heterocycles. The van der Waals surface area contributed by atoms with Crippen molar-refractivity contribution in [1.82, 2.24) is 0 Å². The van der Waals surface area contributed by atoms with Gasteiger partial charge in [-0.05, 0) is 5.56 Å². The minimum atomic E-state index is 0. The molecule has 0 aliphatic carbocycles. The van der Waals surface area contributed by atoms with Crippen LogP contribution in [0.5, 0.6) is 0 Å². The zero-order valence-corrected chi connectivity index (χ0v) is 12.8. The standard InChI is InChI=1S/C17H17.Mo/c1-4-14-9-5-6-11-16(14)17-12-8-7-10-15(17)13(2)3;/h4-12H,1H2,2-3H3;/q-1;.